The molecule has 0 fully saturated rings. The van der Waals surface area contributed by atoms with E-state index in [9.17, 15) is 0 Å². The molecule has 15 heavy (non-hydrogen) atoms. The van der Waals surface area contributed by atoms with E-state index in [1.807, 2.05) is 6.07 Å². The third-order valence-electron chi connectivity index (χ3n) is 2.56. The second kappa shape index (κ2) is 5.04. The Morgan fingerprint density at radius 2 is 2.00 bits per heavy atom. The van der Waals surface area contributed by atoms with E-state index in [-0.39, 0.29) is 0 Å². The first-order valence-electron chi connectivity index (χ1n) is 5.30. The molecule has 1 heteroatoms. The first-order chi connectivity index (χ1) is 7.36. The quantitative estimate of drug-likeness (QED) is 0.532. The molecule has 0 saturated carbocycles. The van der Waals surface area contributed by atoms with Crippen LogP contribution in [0.5, 0.6) is 0 Å². The van der Waals surface area contributed by atoms with Crippen LogP contribution in [0.25, 0.3) is 0 Å². The fourth-order valence-electron chi connectivity index (χ4n) is 1.69. The maximum Gasteiger partial charge on any atom is 0.0224 e. The largest absolute Gasteiger partial charge is 0.0843 e. The third-order valence-corrected chi connectivity index (χ3v) is 3.00. The predicted molar refractivity (Wildman–Crippen MR) is 69.2 cm³/mol. The van der Waals surface area contributed by atoms with E-state index in [4.69, 9.17) is 12.2 Å². The van der Waals surface area contributed by atoms with E-state index < -0.39 is 0 Å². The minimum atomic E-state index is 0.973. The van der Waals surface area contributed by atoms with Gasteiger partial charge in [0.1, 0.15) is 0 Å². The molecule has 76 valence electrons. The number of hydrogen-bond donors (Lipinski definition) is 0. The van der Waals surface area contributed by atoms with Gasteiger partial charge in [0, 0.05) is 4.86 Å². The highest BCUT2D eigenvalue weighted by Crippen LogP contribution is 2.15. The lowest BCUT2D eigenvalue weighted by molar-refractivity contribution is 1.09. The lowest BCUT2D eigenvalue weighted by atomic mass is 9.99. The van der Waals surface area contributed by atoms with Crippen molar-refractivity contribution in [2.45, 2.75) is 19.3 Å². The second-order valence-corrected chi connectivity index (χ2v) is 4.21. The zero-order chi connectivity index (χ0) is 10.5. The highest BCUT2D eigenvalue weighted by Gasteiger charge is 2.04. The Labute approximate surface area is 96.3 Å². The van der Waals surface area contributed by atoms with E-state index in [2.05, 4.69) is 42.5 Å². The van der Waals surface area contributed by atoms with Crippen LogP contribution in [-0.2, 0) is 6.42 Å². The van der Waals surface area contributed by atoms with Crippen molar-refractivity contribution in [3.63, 3.8) is 0 Å². The van der Waals surface area contributed by atoms with Crippen LogP contribution in [0.1, 0.15) is 18.4 Å². The van der Waals surface area contributed by atoms with Crippen molar-refractivity contribution in [2.24, 2.45) is 0 Å². The summed E-state index contributed by atoms with van der Waals surface area (Å²) in [6, 6.07) is 10.5. The van der Waals surface area contributed by atoms with E-state index in [1.54, 1.807) is 0 Å². The molecule has 2 rings (SSSR count). The van der Waals surface area contributed by atoms with E-state index in [1.165, 1.54) is 11.1 Å². The molecule has 0 unspecified atom stereocenters. The van der Waals surface area contributed by atoms with Crippen molar-refractivity contribution >= 4 is 17.1 Å². The summed E-state index contributed by atoms with van der Waals surface area (Å²) in [5, 5.41) is 0. The topological polar surface area (TPSA) is 0 Å². The van der Waals surface area contributed by atoms with Crippen molar-refractivity contribution in [1.29, 1.82) is 0 Å². The molecular weight excluding hydrogens is 200 g/mol. The van der Waals surface area contributed by atoms with Crippen LogP contribution in [0, 0.1) is 0 Å². The molecule has 0 bridgehead atoms. The second-order valence-electron chi connectivity index (χ2n) is 3.71. The number of thiocarbonyl (C=S) groups is 1. The molecule has 0 spiro atoms. The molecular formula is C14H14S. The lowest BCUT2D eigenvalue weighted by Gasteiger charge is -2.08. The molecule has 0 nitrogen and oxygen atoms in total. The summed E-state index contributed by atoms with van der Waals surface area (Å²) < 4.78 is 0. The van der Waals surface area contributed by atoms with E-state index in [0.717, 1.165) is 24.1 Å². The molecule has 0 heterocycles. The fraction of sp³-hybridized carbons (Fsp3) is 0.214. The van der Waals surface area contributed by atoms with Gasteiger partial charge in [0.25, 0.3) is 0 Å². The van der Waals surface area contributed by atoms with Gasteiger partial charge in [-0.2, -0.15) is 0 Å². The Morgan fingerprint density at radius 1 is 1.20 bits per heavy atom. The zero-order valence-electron chi connectivity index (χ0n) is 8.65. The summed E-state index contributed by atoms with van der Waals surface area (Å²) >= 11 is 5.32. The molecule has 0 N–H and O–H groups in total. The van der Waals surface area contributed by atoms with E-state index in [0.29, 0.717) is 0 Å². The van der Waals surface area contributed by atoms with Gasteiger partial charge in [-0.05, 0) is 30.4 Å². The average molecular weight is 214 g/mol. The molecule has 0 aromatic heterocycles. The SMILES string of the molecule is S=C1CCC=C/C1=C\Cc1ccccc1. The predicted octanol–water partition coefficient (Wildman–Crippen LogP) is 3.88. The summed E-state index contributed by atoms with van der Waals surface area (Å²) in [5.74, 6) is 0. The minimum absolute atomic E-state index is 0.973. The Hall–Kier alpha value is -1.21. The van der Waals surface area contributed by atoms with Crippen LogP contribution < -0.4 is 0 Å². The first-order valence-corrected chi connectivity index (χ1v) is 5.71. The minimum Gasteiger partial charge on any atom is -0.0843 e. The molecule has 1 aliphatic carbocycles. The Morgan fingerprint density at radius 3 is 2.73 bits per heavy atom. The number of allylic oxidation sites excluding steroid dienone is 4. The lowest BCUT2D eigenvalue weighted by Crippen LogP contribution is -2.01. The summed E-state index contributed by atoms with van der Waals surface area (Å²) in [5.41, 5.74) is 2.58. The number of rotatable bonds is 2. The van der Waals surface area contributed by atoms with Crippen LogP contribution in [0.2, 0.25) is 0 Å². The Balaban J connectivity index is 2.08. The molecule has 1 aromatic carbocycles. The van der Waals surface area contributed by atoms with Crippen molar-refractivity contribution in [2.75, 3.05) is 0 Å². The standard InChI is InChI=1S/C14H14S/c15-14-9-5-4-8-13(14)11-10-12-6-2-1-3-7-12/h1-4,6-8,11H,5,9-10H2/b13-11+. The normalized spacial score (nSPS) is 18.4. The van der Waals surface area contributed by atoms with Crippen molar-refractivity contribution < 1.29 is 0 Å². The van der Waals surface area contributed by atoms with Gasteiger partial charge in [-0.15, -0.1) is 0 Å². The highest BCUT2D eigenvalue weighted by molar-refractivity contribution is 7.80. The van der Waals surface area contributed by atoms with Gasteiger partial charge >= 0.3 is 0 Å². The van der Waals surface area contributed by atoms with Gasteiger partial charge in [-0.25, -0.2) is 0 Å². The number of benzene rings is 1. The van der Waals surface area contributed by atoms with Crippen molar-refractivity contribution in [1.82, 2.24) is 0 Å². The average Bonchev–Trinajstić information content (AvgIpc) is 2.29. The van der Waals surface area contributed by atoms with Crippen LogP contribution in [0.4, 0.5) is 0 Å². The fourth-order valence-corrected chi connectivity index (χ4v) is 1.96. The van der Waals surface area contributed by atoms with Crippen LogP contribution in [0.3, 0.4) is 0 Å². The van der Waals surface area contributed by atoms with Crippen LogP contribution >= 0.6 is 12.2 Å². The molecule has 0 radical (unpaired) electrons. The molecule has 0 aliphatic heterocycles. The maximum absolute atomic E-state index is 5.32. The van der Waals surface area contributed by atoms with Crippen molar-refractivity contribution in [3.05, 3.63) is 59.7 Å². The van der Waals surface area contributed by atoms with Gasteiger partial charge in [0.05, 0.1) is 0 Å². The van der Waals surface area contributed by atoms with Crippen LogP contribution in [-0.4, -0.2) is 4.86 Å². The van der Waals surface area contributed by atoms with Gasteiger partial charge in [0.2, 0.25) is 0 Å². The smallest absolute Gasteiger partial charge is 0.0224 e. The summed E-state index contributed by atoms with van der Waals surface area (Å²) in [4.78, 5) is 1.11. The van der Waals surface area contributed by atoms with Gasteiger partial charge in [-0.3, -0.25) is 0 Å². The summed E-state index contributed by atoms with van der Waals surface area (Å²) in [6.45, 7) is 0. The Bertz CT molecular complexity index is 399. The van der Waals surface area contributed by atoms with Gasteiger partial charge < -0.3 is 0 Å². The maximum atomic E-state index is 5.32. The van der Waals surface area contributed by atoms with E-state index >= 15 is 0 Å². The number of hydrogen-bond acceptors (Lipinski definition) is 1. The molecule has 0 atom stereocenters. The van der Waals surface area contributed by atoms with Gasteiger partial charge in [-0.1, -0.05) is 60.8 Å². The highest BCUT2D eigenvalue weighted by atomic mass is 32.1. The molecule has 1 aliphatic rings. The third kappa shape index (κ3) is 2.87. The molecule has 0 amide bonds. The summed E-state index contributed by atoms with van der Waals surface area (Å²) in [6.07, 6.45) is 9.68. The zero-order valence-corrected chi connectivity index (χ0v) is 9.46. The van der Waals surface area contributed by atoms with Gasteiger partial charge in [0.15, 0.2) is 0 Å². The van der Waals surface area contributed by atoms with Crippen molar-refractivity contribution in [3.8, 4) is 0 Å². The Kier molecular flexibility index (Phi) is 3.46. The molecule has 0 saturated heterocycles. The molecule has 1 aromatic rings. The first kappa shape index (κ1) is 10.3. The van der Waals surface area contributed by atoms with Crippen LogP contribution in [0.15, 0.2) is 54.1 Å². The summed E-state index contributed by atoms with van der Waals surface area (Å²) in [7, 11) is 0. The monoisotopic (exact) mass is 214 g/mol.